The van der Waals surface area contributed by atoms with E-state index in [-0.39, 0.29) is 121 Å². The SMILES string of the molecule is [AlH3].[BaH2].[CaH2].[Fe]. The Morgan fingerprint density at radius 1 is 1.00 bits per heavy atom. The molecule has 0 fully saturated rings. The van der Waals surface area contributed by atoms with Gasteiger partial charge in [-0.15, -0.1) is 0 Å². The van der Waals surface area contributed by atoms with E-state index in [0.717, 1.165) is 0 Å². The summed E-state index contributed by atoms with van der Waals surface area (Å²) in [4.78, 5) is 0. The molecule has 0 nitrogen and oxygen atoms in total. The van der Waals surface area contributed by atoms with Crippen LogP contribution in [0.15, 0.2) is 0 Å². The second kappa shape index (κ2) is 15.8. The molecule has 0 aromatic heterocycles. The van der Waals surface area contributed by atoms with Crippen LogP contribution in [0.25, 0.3) is 0 Å². The van der Waals surface area contributed by atoms with Crippen molar-refractivity contribution in [3.05, 3.63) is 0 Å². The van der Waals surface area contributed by atoms with Gasteiger partial charge in [-0.3, -0.25) is 0 Å². The monoisotopic (exact) mass is 268 g/mol. The molecule has 22 valence electrons. The average molecular weight is 267 g/mol. The van der Waals surface area contributed by atoms with Crippen LogP contribution >= 0.6 is 0 Å². The maximum Gasteiger partial charge on any atom is 0 e. The third-order valence-electron chi connectivity index (χ3n) is 0. The van der Waals surface area contributed by atoms with Crippen LogP contribution in [-0.2, 0) is 17.1 Å². The molecule has 0 heterocycles. The molecule has 0 amide bonds. The second-order valence-electron chi connectivity index (χ2n) is 0. The fraction of sp³-hybridized carbons (Fsp3) is 0. The molecule has 0 aromatic carbocycles. The third-order valence-corrected chi connectivity index (χ3v) is 0. The minimum Gasteiger partial charge on any atom is 0 e. The zero-order chi connectivity index (χ0) is 0. The standard InChI is InChI=1S/Al.Ba.Ca.Fe.7H. The summed E-state index contributed by atoms with van der Waals surface area (Å²) in [5.41, 5.74) is 0. The third kappa shape index (κ3) is 9.30. The quantitative estimate of drug-likeness (QED) is 0.410. The van der Waals surface area contributed by atoms with Crippen LogP contribution in [0.5, 0.6) is 0 Å². The van der Waals surface area contributed by atoms with Crippen LogP contribution in [0, 0.1) is 0 Å². The van der Waals surface area contributed by atoms with Gasteiger partial charge in [0, 0.05) is 17.1 Å². The molecule has 0 spiro atoms. The number of hydrogen-bond acceptors (Lipinski definition) is 0. The zero-order valence-corrected chi connectivity index (χ0v) is 1.46. The molecule has 0 N–H and O–H groups in total. The topological polar surface area (TPSA) is 0 Å². The summed E-state index contributed by atoms with van der Waals surface area (Å²) in [7, 11) is 0. The van der Waals surface area contributed by atoms with Gasteiger partial charge in [0.25, 0.3) is 0 Å². The van der Waals surface area contributed by atoms with Crippen LogP contribution in [0.1, 0.15) is 0 Å². The summed E-state index contributed by atoms with van der Waals surface area (Å²) in [6.45, 7) is 0. The molecule has 0 bridgehead atoms. The maximum atomic E-state index is 0. The van der Waals surface area contributed by atoms with Crippen molar-refractivity contribution < 1.29 is 17.1 Å². The Labute approximate surface area is 118 Å². The second-order valence-corrected chi connectivity index (χ2v) is 0. The van der Waals surface area contributed by atoms with Gasteiger partial charge in [-0.1, -0.05) is 0 Å². The number of hydrogen-bond donors (Lipinski definition) is 0. The molecule has 0 atom stereocenters. The summed E-state index contributed by atoms with van der Waals surface area (Å²) < 4.78 is 0. The molecule has 0 aliphatic carbocycles. The largest absolute Gasteiger partial charge is 0 e. The Balaban J connectivity index is 0. The van der Waals surface area contributed by atoms with Crippen molar-refractivity contribution >= 4 is 104 Å². The van der Waals surface area contributed by atoms with Crippen LogP contribution < -0.4 is 0 Å². The summed E-state index contributed by atoms with van der Waals surface area (Å²) in [6.07, 6.45) is 0. The molecule has 0 aliphatic rings. The van der Waals surface area contributed by atoms with Crippen molar-refractivity contribution in [1.29, 1.82) is 0 Å². The van der Waals surface area contributed by atoms with Crippen molar-refractivity contribution in [2.75, 3.05) is 0 Å². The van der Waals surface area contributed by atoms with Crippen molar-refractivity contribution in [1.82, 2.24) is 0 Å². The van der Waals surface area contributed by atoms with Gasteiger partial charge in [-0.05, 0) is 0 Å². The maximum absolute atomic E-state index is 0. The van der Waals surface area contributed by atoms with Crippen molar-refractivity contribution in [2.24, 2.45) is 0 Å². The van der Waals surface area contributed by atoms with Gasteiger partial charge in [0.1, 0.15) is 0 Å². The summed E-state index contributed by atoms with van der Waals surface area (Å²) in [5.74, 6) is 0. The molecule has 0 rings (SSSR count). The van der Waals surface area contributed by atoms with E-state index >= 15 is 0 Å². The van der Waals surface area contributed by atoms with Crippen LogP contribution in [0.3, 0.4) is 0 Å². The first-order valence-electron chi connectivity index (χ1n) is 0. The Morgan fingerprint density at radius 3 is 1.00 bits per heavy atom. The predicted molar refractivity (Wildman–Crippen MR) is 27.0 cm³/mol. The summed E-state index contributed by atoms with van der Waals surface area (Å²) in [6, 6.07) is 0. The van der Waals surface area contributed by atoms with Crippen LogP contribution in [-0.4, -0.2) is 104 Å². The van der Waals surface area contributed by atoms with Gasteiger partial charge >= 0.3 is 86.6 Å². The summed E-state index contributed by atoms with van der Waals surface area (Å²) >= 11 is 0. The molecule has 0 unspecified atom stereocenters. The smallest absolute Gasteiger partial charge is 0 e. The molecule has 4 heavy (non-hydrogen) atoms. The molecule has 0 saturated carbocycles. The van der Waals surface area contributed by atoms with Crippen molar-refractivity contribution in [3.8, 4) is 0 Å². The van der Waals surface area contributed by atoms with E-state index in [1.807, 2.05) is 0 Å². The first kappa shape index (κ1) is 24.8. The fourth-order valence-electron chi connectivity index (χ4n) is 0. The Hall–Kier alpha value is 3.88. The molecule has 0 aliphatic heterocycles. The fourth-order valence-corrected chi connectivity index (χ4v) is 0. The normalized spacial score (nSPS) is 0. The van der Waals surface area contributed by atoms with Crippen LogP contribution in [0.4, 0.5) is 0 Å². The minimum absolute atomic E-state index is 0. The van der Waals surface area contributed by atoms with Gasteiger partial charge < -0.3 is 0 Å². The predicted octanol–water partition coefficient (Wildman–Crippen LogP) is -3.02. The molecule has 0 saturated heterocycles. The van der Waals surface area contributed by atoms with Crippen molar-refractivity contribution in [2.45, 2.75) is 0 Å². The van der Waals surface area contributed by atoms with Gasteiger partial charge in [0.2, 0.25) is 0 Å². The van der Waals surface area contributed by atoms with E-state index in [0.29, 0.717) is 0 Å². The first-order chi connectivity index (χ1) is 0. The molecular weight excluding hydrogens is 260 g/mol. The van der Waals surface area contributed by atoms with Crippen molar-refractivity contribution in [3.63, 3.8) is 0 Å². The Morgan fingerprint density at radius 2 is 1.00 bits per heavy atom. The van der Waals surface area contributed by atoms with E-state index < -0.39 is 0 Å². The zero-order valence-electron chi connectivity index (χ0n) is 0.354. The van der Waals surface area contributed by atoms with Gasteiger partial charge in [0.05, 0.1) is 0 Å². The Bertz CT molecular complexity index is 8.00. The molecular formula is H7AlBaCaFe. The van der Waals surface area contributed by atoms with E-state index in [9.17, 15) is 0 Å². The first-order valence-corrected chi connectivity index (χ1v) is 0. The van der Waals surface area contributed by atoms with E-state index in [4.69, 9.17) is 0 Å². The summed E-state index contributed by atoms with van der Waals surface area (Å²) in [5, 5.41) is 0. The molecule has 4 heteroatoms. The molecule has 0 aromatic rings. The van der Waals surface area contributed by atoms with E-state index in [1.165, 1.54) is 0 Å². The molecule has 0 radical (unpaired) electrons. The van der Waals surface area contributed by atoms with Gasteiger partial charge in [0.15, 0.2) is 17.4 Å². The number of rotatable bonds is 0. The van der Waals surface area contributed by atoms with E-state index in [1.54, 1.807) is 0 Å². The minimum atomic E-state index is 0. The van der Waals surface area contributed by atoms with E-state index in [2.05, 4.69) is 0 Å². The van der Waals surface area contributed by atoms with Crippen LogP contribution in [0.2, 0.25) is 0 Å². The average Bonchev–Trinajstić information content (AvgIpc) is 0. The van der Waals surface area contributed by atoms with Gasteiger partial charge in [-0.2, -0.15) is 0 Å². The Kier molecular flexibility index (Phi) is 97.8. The van der Waals surface area contributed by atoms with Gasteiger partial charge in [-0.25, -0.2) is 0 Å².